The normalized spacial score (nSPS) is 12.8. The Labute approximate surface area is 83.3 Å². The van der Waals surface area contributed by atoms with Gasteiger partial charge in [0.1, 0.15) is 11.6 Å². The van der Waals surface area contributed by atoms with Gasteiger partial charge < -0.3 is 15.8 Å². The lowest BCUT2D eigenvalue weighted by Crippen LogP contribution is -2.45. The average molecular weight is 200 g/mol. The second-order valence-corrected chi connectivity index (χ2v) is 3.76. The number of nitrogens with one attached hydrogen (secondary N) is 1. The summed E-state index contributed by atoms with van der Waals surface area (Å²) in [5.41, 5.74) is 4.38. The zero-order chi connectivity index (χ0) is 11.4. The summed E-state index contributed by atoms with van der Waals surface area (Å²) < 4.78 is 4.91. The Bertz CT molecular complexity index is 243. The summed E-state index contributed by atoms with van der Waals surface area (Å²) in [6, 6.07) is -0.898. The molecule has 1 atom stereocenters. The lowest BCUT2D eigenvalue weighted by atomic mass is 10.2. The number of alkyl carbamates (subject to hydrolysis) is 1. The van der Waals surface area contributed by atoms with Crippen molar-refractivity contribution >= 4 is 12.0 Å². The van der Waals surface area contributed by atoms with Gasteiger partial charge >= 0.3 is 6.09 Å². The Morgan fingerprint density at radius 2 is 2.00 bits per heavy atom. The number of primary amides is 1. The van der Waals surface area contributed by atoms with Crippen LogP contribution in [0.25, 0.3) is 0 Å². The molecule has 0 radical (unpaired) electrons. The van der Waals surface area contributed by atoms with E-state index < -0.39 is 23.6 Å². The van der Waals surface area contributed by atoms with E-state index in [4.69, 9.17) is 10.5 Å². The van der Waals surface area contributed by atoms with Crippen molar-refractivity contribution in [1.29, 1.82) is 0 Å². The van der Waals surface area contributed by atoms with E-state index in [0.29, 0.717) is 0 Å². The first-order chi connectivity index (χ1) is 6.26. The van der Waals surface area contributed by atoms with Crippen molar-refractivity contribution in [2.75, 3.05) is 0 Å². The van der Waals surface area contributed by atoms with Crippen LogP contribution < -0.4 is 11.1 Å². The summed E-state index contributed by atoms with van der Waals surface area (Å²) in [5.74, 6) is -0.675. The summed E-state index contributed by atoms with van der Waals surface area (Å²) in [6.07, 6.45) is 0.549. The monoisotopic (exact) mass is 200 g/mol. The highest BCUT2D eigenvalue weighted by atomic mass is 16.6. The maximum absolute atomic E-state index is 11.1. The fraction of sp³-hybridized carbons (Fsp3) is 0.556. The Balaban J connectivity index is 4.18. The number of nitrogens with two attached hydrogens (primary N) is 1. The minimum Gasteiger partial charge on any atom is -0.444 e. The van der Waals surface area contributed by atoms with Crippen molar-refractivity contribution in [3.8, 4) is 0 Å². The van der Waals surface area contributed by atoms with Gasteiger partial charge in [-0.15, -0.1) is 6.58 Å². The predicted octanol–water partition coefficient (Wildman–Crippen LogP) is 0.551. The minimum absolute atomic E-state index is 0.604. The molecular weight excluding hydrogens is 184 g/mol. The quantitative estimate of drug-likeness (QED) is 0.653. The van der Waals surface area contributed by atoms with E-state index in [1.165, 1.54) is 6.08 Å². The van der Waals surface area contributed by atoms with Crippen LogP contribution in [0.1, 0.15) is 20.8 Å². The van der Waals surface area contributed by atoms with Crippen LogP contribution in [-0.4, -0.2) is 23.6 Å². The zero-order valence-corrected chi connectivity index (χ0v) is 8.66. The third kappa shape index (κ3) is 5.18. The lowest BCUT2D eigenvalue weighted by Gasteiger charge is -2.21. The highest BCUT2D eigenvalue weighted by molar-refractivity contribution is 5.85. The van der Waals surface area contributed by atoms with Gasteiger partial charge in [-0.05, 0) is 20.8 Å². The van der Waals surface area contributed by atoms with Crippen LogP contribution >= 0.6 is 0 Å². The van der Waals surface area contributed by atoms with Gasteiger partial charge in [-0.3, -0.25) is 4.79 Å². The van der Waals surface area contributed by atoms with Gasteiger partial charge in [-0.1, -0.05) is 6.08 Å². The van der Waals surface area contributed by atoms with E-state index in [1.54, 1.807) is 20.8 Å². The first kappa shape index (κ1) is 12.5. The highest BCUT2D eigenvalue weighted by Crippen LogP contribution is 2.06. The fourth-order valence-electron chi connectivity index (χ4n) is 0.681. The van der Waals surface area contributed by atoms with E-state index in [1.807, 2.05) is 0 Å². The van der Waals surface area contributed by atoms with Crippen molar-refractivity contribution < 1.29 is 14.3 Å². The third-order valence-corrected chi connectivity index (χ3v) is 1.21. The molecule has 0 aliphatic rings. The minimum atomic E-state index is -0.898. The maximum Gasteiger partial charge on any atom is 0.408 e. The maximum atomic E-state index is 11.1. The van der Waals surface area contributed by atoms with E-state index in [-0.39, 0.29) is 0 Å². The molecule has 0 rings (SSSR count). The molecule has 5 nitrogen and oxygen atoms in total. The summed E-state index contributed by atoms with van der Waals surface area (Å²) in [4.78, 5) is 21.9. The largest absolute Gasteiger partial charge is 0.444 e. The molecule has 80 valence electrons. The first-order valence-corrected chi connectivity index (χ1v) is 4.17. The summed E-state index contributed by atoms with van der Waals surface area (Å²) in [5, 5.41) is 2.27. The van der Waals surface area contributed by atoms with Crippen molar-refractivity contribution in [3.63, 3.8) is 0 Å². The number of ether oxygens (including phenoxy) is 1. The number of carbonyl (C=O) groups excluding carboxylic acids is 2. The predicted molar refractivity (Wildman–Crippen MR) is 52.5 cm³/mol. The standard InChI is InChI=1S/C9H16N2O3/c1-5-6(7(10)12)11-8(13)14-9(2,3)4/h5-6H,1H2,2-4H3,(H2,10,12)(H,11,13)/t6-/m0/s1. The van der Waals surface area contributed by atoms with E-state index in [0.717, 1.165) is 0 Å². The number of carbonyl (C=O) groups is 2. The van der Waals surface area contributed by atoms with E-state index in [9.17, 15) is 9.59 Å². The summed E-state index contributed by atoms with van der Waals surface area (Å²) in [6.45, 7) is 8.53. The molecule has 0 heterocycles. The van der Waals surface area contributed by atoms with Gasteiger partial charge in [-0.25, -0.2) is 4.79 Å². The van der Waals surface area contributed by atoms with Gasteiger partial charge in [-0.2, -0.15) is 0 Å². The topological polar surface area (TPSA) is 81.4 Å². The fourth-order valence-corrected chi connectivity index (χ4v) is 0.681. The van der Waals surface area contributed by atoms with Crippen LogP contribution in [0.15, 0.2) is 12.7 Å². The summed E-state index contributed by atoms with van der Waals surface area (Å²) >= 11 is 0. The molecule has 14 heavy (non-hydrogen) atoms. The van der Waals surface area contributed by atoms with Crippen molar-refractivity contribution in [2.45, 2.75) is 32.4 Å². The van der Waals surface area contributed by atoms with Crippen molar-refractivity contribution in [1.82, 2.24) is 5.32 Å². The summed E-state index contributed by atoms with van der Waals surface area (Å²) in [7, 11) is 0. The molecule has 0 aliphatic heterocycles. The molecular formula is C9H16N2O3. The molecule has 0 bridgehead atoms. The molecule has 0 aliphatic carbocycles. The van der Waals surface area contributed by atoms with Crippen molar-refractivity contribution in [2.24, 2.45) is 5.73 Å². The van der Waals surface area contributed by atoms with Gasteiger partial charge in [0.15, 0.2) is 0 Å². The molecule has 0 fully saturated rings. The molecule has 2 amide bonds. The Morgan fingerprint density at radius 1 is 1.50 bits per heavy atom. The number of hydrogen-bond acceptors (Lipinski definition) is 3. The molecule has 0 aromatic heterocycles. The molecule has 3 N–H and O–H groups in total. The molecule has 0 saturated heterocycles. The number of hydrogen-bond donors (Lipinski definition) is 2. The van der Waals surface area contributed by atoms with Crippen LogP contribution in [0.2, 0.25) is 0 Å². The molecule has 0 saturated carbocycles. The molecule has 0 aromatic carbocycles. The van der Waals surface area contributed by atoms with Gasteiger partial charge in [0.05, 0.1) is 0 Å². The van der Waals surface area contributed by atoms with E-state index in [2.05, 4.69) is 11.9 Å². The first-order valence-electron chi connectivity index (χ1n) is 4.17. The highest BCUT2D eigenvalue weighted by Gasteiger charge is 2.20. The van der Waals surface area contributed by atoms with E-state index >= 15 is 0 Å². The number of amides is 2. The SMILES string of the molecule is C=C[C@H](NC(=O)OC(C)(C)C)C(N)=O. The van der Waals surface area contributed by atoms with Crippen molar-refractivity contribution in [3.05, 3.63) is 12.7 Å². The van der Waals surface area contributed by atoms with Gasteiger partial charge in [0, 0.05) is 0 Å². The van der Waals surface area contributed by atoms with Crippen LogP contribution in [0.4, 0.5) is 4.79 Å². The average Bonchev–Trinajstić information content (AvgIpc) is 1.96. The van der Waals surface area contributed by atoms with Gasteiger partial charge in [0.25, 0.3) is 0 Å². The molecule has 5 heteroatoms. The smallest absolute Gasteiger partial charge is 0.408 e. The second-order valence-electron chi connectivity index (χ2n) is 3.76. The Hall–Kier alpha value is -1.52. The van der Waals surface area contributed by atoms with Crippen LogP contribution in [0.3, 0.4) is 0 Å². The number of rotatable bonds is 3. The van der Waals surface area contributed by atoms with Gasteiger partial charge in [0.2, 0.25) is 5.91 Å². The Morgan fingerprint density at radius 3 is 2.29 bits per heavy atom. The van der Waals surface area contributed by atoms with Crippen LogP contribution in [0.5, 0.6) is 0 Å². The zero-order valence-electron chi connectivity index (χ0n) is 8.66. The molecule has 0 unspecified atom stereocenters. The second kappa shape index (κ2) is 4.64. The molecule has 0 aromatic rings. The van der Waals surface area contributed by atoms with Crippen LogP contribution in [-0.2, 0) is 9.53 Å². The lowest BCUT2D eigenvalue weighted by molar-refractivity contribution is -0.119. The molecule has 0 spiro atoms. The van der Waals surface area contributed by atoms with Crippen LogP contribution in [0, 0.1) is 0 Å². The Kier molecular flexibility index (Phi) is 4.14. The third-order valence-electron chi connectivity index (χ3n) is 1.21.